The molecule has 0 fully saturated rings. The Bertz CT molecular complexity index is 535. The van der Waals surface area contributed by atoms with Crippen LogP contribution in [-0.2, 0) is 0 Å². The Morgan fingerprint density at radius 3 is 2.59 bits per heavy atom. The summed E-state index contributed by atoms with van der Waals surface area (Å²) in [6, 6.07) is 8.96. The molecular weight excluding hydrogens is 219 g/mol. The SMILES string of the molecule is CC(C)c1cc2ccc(OCF)cc2cc1O. The Hall–Kier alpha value is -1.77. The van der Waals surface area contributed by atoms with Crippen LogP contribution in [0.5, 0.6) is 11.5 Å². The van der Waals surface area contributed by atoms with Crippen LogP contribution >= 0.6 is 0 Å². The zero-order valence-electron chi connectivity index (χ0n) is 9.90. The molecule has 0 bridgehead atoms. The summed E-state index contributed by atoms with van der Waals surface area (Å²) in [7, 11) is 0. The van der Waals surface area contributed by atoms with Crippen molar-refractivity contribution in [1.82, 2.24) is 0 Å². The third-order valence-electron chi connectivity index (χ3n) is 2.80. The lowest BCUT2D eigenvalue weighted by Gasteiger charge is -2.10. The van der Waals surface area contributed by atoms with Crippen LogP contribution in [0, 0.1) is 0 Å². The number of ether oxygens (including phenoxy) is 1. The third kappa shape index (κ3) is 2.33. The number of alkyl halides is 1. The van der Waals surface area contributed by atoms with Crippen LogP contribution in [0.25, 0.3) is 10.8 Å². The topological polar surface area (TPSA) is 29.5 Å². The van der Waals surface area contributed by atoms with Crippen LogP contribution in [0.4, 0.5) is 4.39 Å². The van der Waals surface area contributed by atoms with Crippen LogP contribution in [0.3, 0.4) is 0 Å². The van der Waals surface area contributed by atoms with E-state index in [1.54, 1.807) is 18.2 Å². The number of hydrogen-bond acceptors (Lipinski definition) is 2. The fourth-order valence-corrected chi connectivity index (χ4v) is 1.90. The van der Waals surface area contributed by atoms with Crippen molar-refractivity contribution in [2.45, 2.75) is 19.8 Å². The fourth-order valence-electron chi connectivity index (χ4n) is 1.90. The minimum atomic E-state index is -0.846. The van der Waals surface area contributed by atoms with Gasteiger partial charge in [0, 0.05) is 0 Å². The smallest absolute Gasteiger partial charge is 0.228 e. The highest BCUT2D eigenvalue weighted by atomic mass is 19.1. The van der Waals surface area contributed by atoms with E-state index in [1.807, 2.05) is 26.0 Å². The van der Waals surface area contributed by atoms with Gasteiger partial charge in [-0.2, -0.15) is 0 Å². The summed E-state index contributed by atoms with van der Waals surface area (Å²) in [4.78, 5) is 0. The van der Waals surface area contributed by atoms with Gasteiger partial charge in [0.2, 0.25) is 6.86 Å². The Morgan fingerprint density at radius 2 is 1.94 bits per heavy atom. The van der Waals surface area contributed by atoms with E-state index in [1.165, 1.54) is 0 Å². The van der Waals surface area contributed by atoms with Gasteiger partial charge in [0.1, 0.15) is 11.5 Å². The van der Waals surface area contributed by atoms with Gasteiger partial charge in [0.15, 0.2) is 0 Å². The first-order valence-corrected chi connectivity index (χ1v) is 5.57. The number of phenols is 1. The molecule has 2 rings (SSSR count). The second-order valence-corrected chi connectivity index (χ2v) is 4.33. The molecule has 2 aromatic carbocycles. The lowest BCUT2D eigenvalue weighted by atomic mass is 9.98. The maximum atomic E-state index is 12.1. The molecule has 0 unspecified atom stereocenters. The lowest BCUT2D eigenvalue weighted by Crippen LogP contribution is -1.91. The summed E-state index contributed by atoms with van der Waals surface area (Å²) in [5.74, 6) is 1.00. The maximum Gasteiger partial charge on any atom is 0.228 e. The molecule has 0 atom stereocenters. The van der Waals surface area contributed by atoms with Gasteiger partial charge < -0.3 is 9.84 Å². The zero-order chi connectivity index (χ0) is 12.4. The van der Waals surface area contributed by atoms with Crippen LogP contribution < -0.4 is 4.74 Å². The molecule has 2 nitrogen and oxygen atoms in total. The molecule has 1 N–H and O–H groups in total. The number of phenolic OH excluding ortho intramolecular Hbond substituents is 1. The van der Waals surface area contributed by atoms with Gasteiger partial charge in [0.05, 0.1) is 0 Å². The van der Waals surface area contributed by atoms with Crippen LogP contribution in [0.15, 0.2) is 30.3 Å². The predicted molar refractivity (Wildman–Crippen MR) is 66.3 cm³/mol. The molecule has 17 heavy (non-hydrogen) atoms. The van der Waals surface area contributed by atoms with Crippen molar-refractivity contribution >= 4 is 10.8 Å². The molecule has 0 aromatic heterocycles. The summed E-state index contributed by atoms with van der Waals surface area (Å²) in [6.07, 6.45) is 0. The number of rotatable bonds is 3. The minimum absolute atomic E-state index is 0.265. The normalized spacial score (nSPS) is 11.1. The first-order chi connectivity index (χ1) is 8.11. The summed E-state index contributed by atoms with van der Waals surface area (Å²) in [5.41, 5.74) is 0.914. The number of halogens is 1. The quantitative estimate of drug-likeness (QED) is 0.870. The van der Waals surface area contributed by atoms with Crippen molar-refractivity contribution in [2.75, 3.05) is 6.86 Å². The van der Waals surface area contributed by atoms with E-state index in [9.17, 15) is 9.50 Å². The highest BCUT2D eigenvalue weighted by Crippen LogP contribution is 2.32. The van der Waals surface area contributed by atoms with E-state index >= 15 is 0 Å². The molecule has 0 spiro atoms. The van der Waals surface area contributed by atoms with E-state index in [2.05, 4.69) is 0 Å². The number of benzene rings is 2. The summed E-state index contributed by atoms with van der Waals surface area (Å²) in [6.45, 7) is 3.21. The van der Waals surface area contributed by atoms with Crippen molar-refractivity contribution in [3.05, 3.63) is 35.9 Å². The zero-order valence-corrected chi connectivity index (χ0v) is 9.90. The van der Waals surface area contributed by atoms with E-state index in [0.717, 1.165) is 16.3 Å². The molecule has 0 amide bonds. The monoisotopic (exact) mass is 234 g/mol. The van der Waals surface area contributed by atoms with Gasteiger partial charge in [-0.15, -0.1) is 0 Å². The van der Waals surface area contributed by atoms with E-state index in [4.69, 9.17) is 4.74 Å². The van der Waals surface area contributed by atoms with Crippen molar-refractivity contribution in [3.8, 4) is 11.5 Å². The Morgan fingerprint density at radius 1 is 1.18 bits per heavy atom. The van der Waals surface area contributed by atoms with Crippen LogP contribution in [-0.4, -0.2) is 12.0 Å². The molecular formula is C14H15FO2. The minimum Gasteiger partial charge on any atom is -0.508 e. The van der Waals surface area contributed by atoms with Crippen LogP contribution in [0.1, 0.15) is 25.3 Å². The molecule has 2 aromatic rings. The van der Waals surface area contributed by atoms with Crippen molar-refractivity contribution in [3.63, 3.8) is 0 Å². The van der Waals surface area contributed by atoms with Gasteiger partial charge in [0.25, 0.3) is 0 Å². The molecule has 0 saturated carbocycles. The van der Waals surface area contributed by atoms with Gasteiger partial charge in [-0.25, -0.2) is 4.39 Å². The summed E-state index contributed by atoms with van der Waals surface area (Å²) < 4.78 is 16.8. The molecule has 0 aliphatic heterocycles. The first-order valence-electron chi connectivity index (χ1n) is 5.57. The predicted octanol–water partition coefficient (Wildman–Crippen LogP) is 3.97. The molecule has 0 heterocycles. The van der Waals surface area contributed by atoms with Gasteiger partial charge in [-0.1, -0.05) is 19.9 Å². The second kappa shape index (κ2) is 4.62. The fraction of sp³-hybridized carbons (Fsp3) is 0.286. The number of aromatic hydroxyl groups is 1. The standard InChI is InChI=1S/C14H15FO2/c1-9(2)13-6-10-3-4-12(17-8-15)5-11(10)7-14(13)16/h3-7,9,16H,8H2,1-2H3. The van der Waals surface area contributed by atoms with Crippen molar-refractivity contribution < 1.29 is 14.2 Å². The largest absolute Gasteiger partial charge is 0.508 e. The Labute approximate surface area is 99.6 Å². The molecule has 0 aliphatic rings. The average Bonchev–Trinajstić information content (AvgIpc) is 2.28. The highest BCUT2D eigenvalue weighted by molar-refractivity contribution is 5.86. The summed E-state index contributed by atoms with van der Waals surface area (Å²) in [5, 5.41) is 11.7. The molecule has 90 valence electrons. The lowest BCUT2D eigenvalue weighted by molar-refractivity contribution is 0.192. The van der Waals surface area contributed by atoms with E-state index in [-0.39, 0.29) is 11.7 Å². The van der Waals surface area contributed by atoms with E-state index in [0.29, 0.717) is 5.75 Å². The van der Waals surface area contributed by atoms with Gasteiger partial charge in [-0.05, 0) is 46.5 Å². The van der Waals surface area contributed by atoms with Crippen LogP contribution in [0.2, 0.25) is 0 Å². The molecule has 0 radical (unpaired) electrons. The third-order valence-corrected chi connectivity index (χ3v) is 2.80. The first kappa shape index (κ1) is 11.7. The second-order valence-electron chi connectivity index (χ2n) is 4.33. The van der Waals surface area contributed by atoms with Gasteiger partial charge >= 0.3 is 0 Å². The maximum absolute atomic E-state index is 12.1. The van der Waals surface area contributed by atoms with E-state index < -0.39 is 6.86 Å². The summed E-state index contributed by atoms with van der Waals surface area (Å²) >= 11 is 0. The molecule has 3 heteroatoms. The molecule has 0 saturated heterocycles. The molecule has 0 aliphatic carbocycles. The van der Waals surface area contributed by atoms with Crippen molar-refractivity contribution in [1.29, 1.82) is 0 Å². The highest BCUT2D eigenvalue weighted by Gasteiger charge is 2.08. The van der Waals surface area contributed by atoms with Gasteiger partial charge in [-0.3, -0.25) is 0 Å². The van der Waals surface area contributed by atoms with Crippen molar-refractivity contribution in [2.24, 2.45) is 0 Å². The Balaban J connectivity index is 2.54. The average molecular weight is 234 g/mol. The number of fused-ring (bicyclic) bond motifs is 1. The Kier molecular flexibility index (Phi) is 3.18. The number of hydrogen-bond donors (Lipinski definition) is 1.